The van der Waals surface area contributed by atoms with Gasteiger partial charge in [0.05, 0.1) is 12.2 Å². The van der Waals surface area contributed by atoms with Gasteiger partial charge in [-0.05, 0) is 25.2 Å². The highest BCUT2D eigenvalue weighted by molar-refractivity contribution is 7.89. The van der Waals surface area contributed by atoms with Crippen LogP contribution in [0.15, 0.2) is 34.7 Å². The second kappa shape index (κ2) is 5.39. The molecule has 0 aliphatic heterocycles. The molecule has 17 heavy (non-hydrogen) atoms. The molecule has 0 saturated heterocycles. The van der Waals surface area contributed by atoms with Crippen LogP contribution in [0.25, 0.3) is 0 Å². The van der Waals surface area contributed by atoms with Gasteiger partial charge < -0.3 is 11.1 Å². The van der Waals surface area contributed by atoms with Crippen LogP contribution in [0.2, 0.25) is 0 Å². The average Bonchev–Trinajstić information content (AvgIpc) is 2.26. The molecule has 0 atom stereocenters. The van der Waals surface area contributed by atoms with E-state index in [-0.39, 0.29) is 10.6 Å². The maximum Gasteiger partial charge on any atom is 0.242 e. The fourth-order valence-electron chi connectivity index (χ4n) is 1.21. The summed E-state index contributed by atoms with van der Waals surface area (Å²) in [6.45, 7) is 3.92. The van der Waals surface area contributed by atoms with E-state index in [1.54, 1.807) is 6.07 Å². The van der Waals surface area contributed by atoms with Crippen LogP contribution in [0.3, 0.4) is 0 Å². The van der Waals surface area contributed by atoms with E-state index in [0.717, 1.165) is 0 Å². The Balaban J connectivity index is 2.98. The van der Waals surface area contributed by atoms with Crippen molar-refractivity contribution in [3.63, 3.8) is 0 Å². The maximum absolute atomic E-state index is 11.6. The summed E-state index contributed by atoms with van der Waals surface area (Å²) in [5.41, 5.74) is 6.53. The van der Waals surface area contributed by atoms with E-state index in [0.29, 0.717) is 17.3 Å². The van der Waals surface area contributed by atoms with Crippen molar-refractivity contribution in [2.45, 2.75) is 4.90 Å². The van der Waals surface area contributed by atoms with Crippen molar-refractivity contribution >= 4 is 33.0 Å². The zero-order valence-electron chi connectivity index (χ0n) is 9.33. The topological polar surface area (TPSA) is 84.2 Å². The van der Waals surface area contributed by atoms with E-state index in [1.807, 2.05) is 0 Å². The Bertz CT molecular complexity index is 528. The van der Waals surface area contributed by atoms with Crippen molar-refractivity contribution < 1.29 is 8.42 Å². The first-order chi connectivity index (χ1) is 7.86. The van der Waals surface area contributed by atoms with Crippen LogP contribution in [0, 0.1) is 0 Å². The number of nitrogens with two attached hydrogens (primary N) is 1. The van der Waals surface area contributed by atoms with Gasteiger partial charge in [-0.15, -0.1) is 0 Å². The van der Waals surface area contributed by atoms with Gasteiger partial charge in [0.1, 0.15) is 4.90 Å². The minimum absolute atomic E-state index is 0.0512. The summed E-state index contributed by atoms with van der Waals surface area (Å²) >= 11 is 5.60. The summed E-state index contributed by atoms with van der Waals surface area (Å²) < 4.78 is 25.3. The fraction of sp³-hybridized carbons (Fsp3) is 0.200. The van der Waals surface area contributed by atoms with Crippen molar-refractivity contribution in [3.05, 3.63) is 29.8 Å². The molecular weight excluding hydrogens is 262 g/mol. The lowest BCUT2D eigenvalue weighted by Crippen LogP contribution is -2.20. The normalized spacial score (nSPS) is 11.2. The summed E-state index contributed by atoms with van der Waals surface area (Å²) in [5, 5.41) is 3.41. The quantitative estimate of drug-likeness (QED) is 0.708. The molecule has 0 saturated carbocycles. The molecule has 5 nitrogen and oxygen atoms in total. The molecule has 0 radical (unpaired) electrons. The molecule has 1 aromatic carbocycles. The zero-order valence-corrected chi connectivity index (χ0v) is 10.9. The Morgan fingerprint density at radius 3 is 2.65 bits per heavy atom. The van der Waals surface area contributed by atoms with Crippen molar-refractivity contribution in [2.24, 2.45) is 0 Å². The van der Waals surface area contributed by atoms with Gasteiger partial charge in [0, 0.05) is 10.7 Å². The van der Waals surface area contributed by atoms with Crippen molar-refractivity contribution in [2.75, 3.05) is 24.6 Å². The molecule has 1 rings (SSSR count). The van der Waals surface area contributed by atoms with Crippen molar-refractivity contribution in [1.29, 1.82) is 0 Å². The van der Waals surface area contributed by atoms with Crippen LogP contribution >= 0.6 is 11.6 Å². The van der Waals surface area contributed by atoms with Gasteiger partial charge in [-0.2, -0.15) is 0 Å². The van der Waals surface area contributed by atoms with E-state index >= 15 is 0 Å². The Morgan fingerprint density at radius 2 is 2.18 bits per heavy atom. The number of hydrogen-bond acceptors (Lipinski definition) is 4. The summed E-state index contributed by atoms with van der Waals surface area (Å²) in [5.74, 6) is 0. The summed E-state index contributed by atoms with van der Waals surface area (Å²) in [6.07, 6.45) is 0. The number of anilines is 2. The minimum atomic E-state index is -3.52. The standard InChI is InChI=1S/C10H14ClN3O2S/c1-7(11)6-14-8-3-4-10(9(12)5-8)17(15,16)13-2/h3-5,13-14H,1,6,12H2,2H3. The molecule has 94 valence electrons. The number of sulfonamides is 1. The molecule has 0 heterocycles. The molecular formula is C10H14ClN3O2S. The van der Waals surface area contributed by atoms with Crippen molar-refractivity contribution in [1.82, 2.24) is 4.72 Å². The lowest BCUT2D eigenvalue weighted by Gasteiger charge is -2.09. The molecule has 0 aliphatic rings. The molecule has 0 aliphatic carbocycles. The van der Waals surface area contributed by atoms with Crippen LogP contribution < -0.4 is 15.8 Å². The van der Waals surface area contributed by atoms with Gasteiger partial charge in [0.25, 0.3) is 0 Å². The number of nitrogens with one attached hydrogen (secondary N) is 2. The van der Waals surface area contributed by atoms with Crippen LogP contribution in [0.1, 0.15) is 0 Å². The number of rotatable bonds is 5. The van der Waals surface area contributed by atoms with Gasteiger partial charge in [0.15, 0.2) is 0 Å². The van der Waals surface area contributed by atoms with E-state index < -0.39 is 10.0 Å². The first-order valence-corrected chi connectivity index (χ1v) is 6.63. The Kier molecular flexibility index (Phi) is 4.39. The molecule has 0 aromatic heterocycles. The summed E-state index contributed by atoms with van der Waals surface area (Å²) in [4.78, 5) is 0.0512. The van der Waals surface area contributed by atoms with Gasteiger partial charge in [0.2, 0.25) is 10.0 Å². The Hall–Kier alpha value is -1.24. The van der Waals surface area contributed by atoms with Crippen LogP contribution in [0.4, 0.5) is 11.4 Å². The predicted molar refractivity (Wildman–Crippen MR) is 70.6 cm³/mol. The van der Waals surface area contributed by atoms with Crippen LogP contribution in [0.5, 0.6) is 0 Å². The summed E-state index contributed by atoms with van der Waals surface area (Å²) in [6, 6.07) is 4.57. The molecule has 0 amide bonds. The molecule has 7 heteroatoms. The zero-order chi connectivity index (χ0) is 13.1. The minimum Gasteiger partial charge on any atom is -0.398 e. The molecule has 0 unspecified atom stereocenters. The second-order valence-corrected chi connectivity index (χ2v) is 5.72. The van der Waals surface area contributed by atoms with E-state index in [4.69, 9.17) is 17.3 Å². The highest BCUT2D eigenvalue weighted by Crippen LogP contribution is 2.22. The van der Waals surface area contributed by atoms with Gasteiger partial charge in [-0.3, -0.25) is 0 Å². The molecule has 1 aromatic rings. The van der Waals surface area contributed by atoms with Crippen LogP contribution in [-0.2, 0) is 10.0 Å². The smallest absolute Gasteiger partial charge is 0.242 e. The van der Waals surface area contributed by atoms with Gasteiger partial charge >= 0.3 is 0 Å². The highest BCUT2D eigenvalue weighted by atomic mass is 35.5. The predicted octanol–water partition coefficient (Wildman–Crippen LogP) is 1.34. The largest absolute Gasteiger partial charge is 0.398 e. The molecule has 4 N–H and O–H groups in total. The van der Waals surface area contributed by atoms with Gasteiger partial charge in [-0.1, -0.05) is 18.2 Å². The molecule has 0 spiro atoms. The Labute approximate surface area is 106 Å². The monoisotopic (exact) mass is 275 g/mol. The van der Waals surface area contributed by atoms with E-state index in [2.05, 4.69) is 16.6 Å². The number of nitrogen functional groups attached to an aromatic ring is 1. The van der Waals surface area contributed by atoms with E-state index in [1.165, 1.54) is 19.2 Å². The third kappa shape index (κ3) is 3.62. The van der Waals surface area contributed by atoms with Crippen molar-refractivity contribution in [3.8, 4) is 0 Å². The average molecular weight is 276 g/mol. The lowest BCUT2D eigenvalue weighted by molar-refractivity contribution is 0.588. The van der Waals surface area contributed by atoms with Crippen LogP contribution in [-0.4, -0.2) is 22.0 Å². The number of hydrogen-bond donors (Lipinski definition) is 3. The summed E-state index contributed by atoms with van der Waals surface area (Å²) in [7, 11) is -2.19. The molecule has 0 bridgehead atoms. The van der Waals surface area contributed by atoms with Gasteiger partial charge in [-0.25, -0.2) is 13.1 Å². The Morgan fingerprint density at radius 1 is 1.53 bits per heavy atom. The first kappa shape index (κ1) is 13.8. The first-order valence-electron chi connectivity index (χ1n) is 4.77. The number of halogens is 1. The van der Waals surface area contributed by atoms with E-state index in [9.17, 15) is 8.42 Å². The third-order valence-corrected chi connectivity index (χ3v) is 3.67. The number of benzene rings is 1. The fourth-order valence-corrected chi connectivity index (χ4v) is 2.11. The maximum atomic E-state index is 11.6. The highest BCUT2D eigenvalue weighted by Gasteiger charge is 2.14. The second-order valence-electron chi connectivity index (χ2n) is 3.33. The molecule has 0 fully saturated rings. The SMILES string of the molecule is C=C(Cl)CNc1ccc(S(=O)(=O)NC)c(N)c1. The third-order valence-electron chi connectivity index (χ3n) is 2.05. The lowest BCUT2D eigenvalue weighted by atomic mass is 10.3.